The van der Waals surface area contributed by atoms with E-state index in [-0.39, 0.29) is 33.9 Å². The van der Waals surface area contributed by atoms with Crippen LogP contribution in [0.3, 0.4) is 0 Å². The summed E-state index contributed by atoms with van der Waals surface area (Å²) in [6.45, 7) is 7.73. The molecule has 23 heteroatoms. The number of carbonyl (C=O) groups is 1. The molecule has 2 aromatic carbocycles. The van der Waals surface area contributed by atoms with Crippen LogP contribution >= 0.6 is 85.7 Å². The molecule has 0 unspecified atom stereocenters. The molecule has 0 saturated heterocycles. The number of rotatable bonds is 7. The highest BCUT2D eigenvalue weighted by atomic mass is 36.0. The number of nitrogens with zero attached hydrogens (tertiary/aromatic N) is 6. The average molecular weight is 944 g/mol. The van der Waals surface area contributed by atoms with Gasteiger partial charge in [0.15, 0.2) is 5.11 Å². The molecule has 0 spiro atoms. The molecule has 0 atom stereocenters. The SMILES string of the molecule is CC(C)n1ccc(-c2nnc(Cc3ccc4[nH]ncc4c3Cl)s2)cc1=O.CC(C)n1ccc(C(=O)NNC(=S)Nc2ccc3[nH]ncc3c2Cl)cc1=O.O=P(Cl)(Cl)Cl. The fourth-order valence-corrected chi connectivity index (χ4v) is 6.86. The third kappa shape index (κ3) is 11.9. The molecule has 5 aromatic heterocycles. The molecule has 0 aliphatic rings. The summed E-state index contributed by atoms with van der Waals surface area (Å²) < 4.78 is 12.7. The van der Waals surface area contributed by atoms with E-state index in [9.17, 15) is 18.9 Å². The largest absolute Gasteiger partial charge is 0.339 e. The number of carbonyl (C=O) groups excluding carboxylic acids is 1. The summed E-state index contributed by atoms with van der Waals surface area (Å²) in [5.74, 6) is -0.483. The summed E-state index contributed by atoms with van der Waals surface area (Å²) in [7, 11) is 0. The fourth-order valence-electron chi connectivity index (χ4n) is 5.30. The van der Waals surface area contributed by atoms with Crippen LogP contribution < -0.4 is 27.3 Å². The lowest BCUT2D eigenvalue weighted by molar-refractivity contribution is 0.0943. The van der Waals surface area contributed by atoms with Crippen molar-refractivity contribution in [3.05, 3.63) is 120 Å². The number of benzene rings is 2. The smallest absolute Gasteiger partial charge is 0.330 e. The third-order valence-electron chi connectivity index (χ3n) is 8.06. The van der Waals surface area contributed by atoms with Crippen molar-refractivity contribution in [3.8, 4) is 10.6 Å². The number of H-pyrrole nitrogens is 2. The molecule has 0 radical (unpaired) electrons. The Balaban J connectivity index is 0.000000198. The fraction of sp³-hybridized carbons (Fsp3) is 0.200. The minimum absolute atomic E-state index is 0.0156. The third-order valence-corrected chi connectivity index (χ3v) is 10.1. The first kappa shape index (κ1) is 44.8. The molecule has 5 heterocycles. The number of amides is 1. The van der Waals surface area contributed by atoms with Crippen LogP contribution in [0.4, 0.5) is 5.69 Å². The van der Waals surface area contributed by atoms with E-state index in [1.165, 1.54) is 22.0 Å². The van der Waals surface area contributed by atoms with E-state index in [0.717, 1.165) is 42.9 Å². The first-order valence-corrected chi connectivity index (χ1v) is 23.3. The van der Waals surface area contributed by atoms with Crippen LogP contribution in [0.1, 0.15) is 60.7 Å². The lowest BCUT2D eigenvalue weighted by Crippen LogP contribution is -2.44. The van der Waals surface area contributed by atoms with E-state index >= 15 is 0 Å². The molecule has 5 N–H and O–H groups in total. The average Bonchev–Trinajstić information content (AvgIpc) is 3.94. The first-order valence-electron chi connectivity index (χ1n) is 16.9. The summed E-state index contributed by atoms with van der Waals surface area (Å²) in [6.07, 6.45) is 7.29. The standard InChI is InChI=1S/C18H16ClN5OS.C17H17ClN6O2S.Cl3OP/c1-10(2)24-6-5-12(8-16(24)25)18-23-22-15(26-18)7-11-3-4-14-13(17(11)19)9-20-21-14;1-9(2)24-6-5-10(7-14(24)25)16(26)22-23-17(27)20-13-4-3-12-11(15(13)18)8-19-21-12;1-5(2,3)4/h3-6,8-10H,7H2,1-2H3,(H,20,21);3-9H,1-2H3,(H,19,21)(H,22,26)(H2,20,23,27);. The Kier molecular flexibility index (Phi) is 15.1. The molecule has 0 fully saturated rings. The Morgan fingerprint density at radius 2 is 1.40 bits per heavy atom. The number of thiocarbonyl (C=S) groups is 1. The lowest BCUT2D eigenvalue weighted by atomic mass is 10.1. The van der Waals surface area contributed by atoms with Crippen molar-refractivity contribution >= 4 is 124 Å². The molecular formula is C35H33Cl5N11O4PS2. The van der Waals surface area contributed by atoms with Crippen molar-refractivity contribution in [2.45, 2.75) is 46.2 Å². The van der Waals surface area contributed by atoms with Crippen molar-refractivity contribution in [1.29, 1.82) is 0 Å². The second kappa shape index (κ2) is 19.6. The Morgan fingerprint density at radius 3 is 1.98 bits per heavy atom. The van der Waals surface area contributed by atoms with Gasteiger partial charge in [0.25, 0.3) is 17.0 Å². The number of pyridine rings is 2. The van der Waals surface area contributed by atoms with Gasteiger partial charge in [0.1, 0.15) is 10.0 Å². The van der Waals surface area contributed by atoms with Gasteiger partial charge >= 0.3 is 5.20 Å². The zero-order valence-corrected chi connectivity index (χ0v) is 37.1. The van der Waals surface area contributed by atoms with Gasteiger partial charge in [-0.3, -0.25) is 40.0 Å². The molecule has 1 amide bonds. The summed E-state index contributed by atoms with van der Waals surface area (Å²) in [6, 6.07) is 14.0. The van der Waals surface area contributed by atoms with E-state index in [1.807, 2.05) is 52.0 Å². The van der Waals surface area contributed by atoms with Gasteiger partial charge in [-0.25, -0.2) is 0 Å². The van der Waals surface area contributed by atoms with E-state index in [4.69, 9.17) is 35.4 Å². The Labute approximate surface area is 364 Å². The molecule has 7 aromatic rings. The van der Waals surface area contributed by atoms with Crippen LogP contribution in [0.25, 0.3) is 32.4 Å². The maximum atomic E-state index is 12.2. The minimum atomic E-state index is -3.22. The zero-order chi connectivity index (χ0) is 42.3. The Morgan fingerprint density at radius 1 is 0.828 bits per heavy atom. The number of aromatic amines is 2. The molecule has 0 saturated carbocycles. The van der Waals surface area contributed by atoms with Crippen LogP contribution in [-0.4, -0.2) is 50.7 Å². The second-order valence-electron chi connectivity index (χ2n) is 12.7. The van der Waals surface area contributed by atoms with Crippen LogP contribution in [0.2, 0.25) is 10.0 Å². The van der Waals surface area contributed by atoms with Crippen molar-refractivity contribution in [2.75, 3.05) is 5.32 Å². The number of hydrogen-bond donors (Lipinski definition) is 5. The zero-order valence-electron chi connectivity index (χ0n) is 30.8. The Bertz CT molecular complexity index is 2750. The number of hydrazine groups is 1. The van der Waals surface area contributed by atoms with Crippen LogP contribution in [0, 0.1) is 0 Å². The highest BCUT2D eigenvalue weighted by molar-refractivity contribution is 8.24. The van der Waals surface area contributed by atoms with Gasteiger partial charge in [-0.05, 0) is 110 Å². The van der Waals surface area contributed by atoms with Crippen molar-refractivity contribution in [2.24, 2.45) is 0 Å². The predicted molar refractivity (Wildman–Crippen MR) is 238 cm³/mol. The molecule has 0 aliphatic carbocycles. The number of aromatic nitrogens is 8. The highest BCUT2D eigenvalue weighted by Gasteiger charge is 2.14. The number of halogens is 5. The molecule has 304 valence electrons. The van der Waals surface area contributed by atoms with Crippen molar-refractivity contribution in [1.82, 2.24) is 50.6 Å². The van der Waals surface area contributed by atoms with Crippen molar-refractivity contribution < 1.29 is 9.36 Å². The maximum absolute atomic E-state index is 12.2. The monoisotopic (exact) mass is 941 g/mol. The molecule has 58 heavy (non-hydrogen) atoms. The molecule has 0 aliphatic heterocycles. The van der Waals surface area contributed by atoms with E-state index in [2.05, 4.69) is 80.5 Å². The van der Waals surface area contributed by atoms with Crippen molar-refractivity contribution in [3.63, 3.8) is 0 Å². The predicted octanol–water partition coefficient (Wildman–Crippen LogP) is 9.47. The summed E-state index contributed by atoms with van der Waals surface area (Å²) >= 11 is 33.3. The van der Waals surface area contributed by atoms with Crippen LogP contribution in [-0.2, 0) is 11.0 Å². The number of hydrogen-bond acceptors (Lipinski definition) is 10. The van der Waals surface area contributed by atoms with Gasteiger partial charge < -0.3 is 14.5 Å². The van der Waals surface area contributed by atoms with E-state index < -0.39 is 11.1 Å². The van der Waals surface area contributed by atoms with Gasteiger partial charge in [0.2, 0.25) is 0 Å². The number of anilines is 1. The summed E-state index contributed by atoms with van der Waals surface area (Å²) in [4.78, 5) is 36.4. The van der Waals surface area contributed by atoms with Crippen LogP contribution in [0.15, 0.2) is 82.9 Å². The van der Waals surface area contributed by atoms with E-state index in [0.29, 0.717) is 22.2 Å². The van der Waals surface area contributed by atoms with Gasteiger partial charge in [-0.1, -0.05) is 40.6 Å². The topological polar surface area (TPSA) is 197 Å². The van der Waals surface area contributed by atoms with Gasteiger partial charge in [0.05, 0.1) is 39.2 Å². The molecule has 7 rings (SSSR count). The number of fused-ring (bicyclic) bond motifs is 2. The maximum Gasteiger partial charge on any atom is 0.339 e. The normalized spacial score (nSPS) is 11.2. The molecule has 0 bridgehead atoms. The van der Waals surface area contributed by atoms with Gasteiger partial charge in [-0.2, -0.15) is 10.2 Å². The minimum Gasteiger partial charge on any atom is -0.330 e. The number of nitrogens with one attached hydrogen (secondary N) is 5. The second-order valence-corrected chi connectivity index (χ2v) is 21.6. The lowest BCUT2D eigenvalue weighted by Gasteiger charge is -2.13. The Hall–Kier alpha value is -4.32. The van der Waals surface area contributed by atoms with E-state index in [1.54, 1.807) is 47.6 Å². The highest BCUT2D eigenvalue weighted by Crippen LogP contribution is 2.61. The molecular weight excluding hydrogens is 911 g/mol. The first-order chi connectivity index (χ1) is 27.4. The van der Waals surface area contributed by atoms with Crippen LogP contribution in [0.5, 0.6) is 0 Å². The summed E-state index contributed by atoms with van der Waals surface area (Å²) in [5.41, 5.74) is 8.99. The van der Waals surface area contributed by atoms with Gasteiger partial charge in [0, 0.05) is 64.9 Å². The van der Waals surface area contributed by atoms with Gasteiger partial charge in [-0.15, -0.1) is 10.2 Å². The summed E-state index contributed by atoms with van der Waals surface area (Å²) in [5, 5.41) is 26.3. The molecule has 15 nitrogen and oxygen atoms in total. The quantitative estimate of drug-likeness (QED) is 0.0580.